The highest BCUT2D eigenvalue weighted by Crippen LogP contribution is 2.28. The van der Waals surface area contributed by atoms with Crippen LogP contribution in [0.25, 0.3) is 0 Å². The molecule has 3 atom stereocenters. The largest absolute Gasteiger partial charge is 0.496 e. The first-order valence-electron chi connectivity index (χ1n) is 6.26. The Bertz CT molecular complexity index is 408. The SMILES string of the molecule is COc1ccc(Br)cc1CC(O)C1CCC(C)O1. The lowest BCUT2D eigenvalue weighted by molar-refractivity contribution is -0.0280. The summed E-state index contributed by atoms with van der Waals surface area (Å²) in [5.74, 6) is 0.809. The minimum atomic E-state index is -0.474. The Hall–Kier alpha value is -0.580. The van der Waals surface area contributed by atoms with E-state index in [4.69, 9.17) is 9.47 Å². The van der Waals surface area contributed by atoms with Gasteiger partial charge in [0.2, 0.25) is 0 Å². The molecule has 1 aromatic rings. The highest BCUT2D eigenvalue weighted by Gasteiger charge is 2.28. The predicted octanol–water partition coefficient (Wildman–Crippen LogP) is 2.93. The third kappa shape index (κ3) is 3.25. The quantitative estimate of drug-likeness (QED) is 0.928. The molecule has 1 aliphatic rings. The Morgan fingerprint density at radius 1 is 1.50 bits per heavy atom. The molecule has 3 nitrogen and oxygen atoms in total. The van der Waals surface area contributed by atoms with Crippen LogP contribution in [0.5, 0.6) is 5.75 Å². The first-order valence-corrected chi connectivity index (χ1v) is 7.05. The molecule has 3 unspecified atom stereocenters. The molecule has 1 aliphatic heterocycles. The van der Waals surface area contributed by atoms with Crippen LogP contribution in [0.2, 0.25) is 0 Å². The Labute approximate surface area is 116 Å². The average molecular weight is 315 g/mol. The third-order valence-electron chi connectivity index (χ3n) is 3.37. The van der Waals surface area contributed by atoms with Gasteiger partial charge in [0.05, 0.1) is 25.4 Å². The number of benzene rings is 1. The molecule has 18 heavy (non-hydrogen) atoms. The van der Waals surface area contributed by atoms with Gasteiger partial charge in [0.15, 0.2) is 0 Å². The van der Waals surface area contributed by atoms with Crippen molar-refractivity contribution < 1.29 is 14.6 Å². The van der Waals surface area contributed by atoms with Gasteiger partial charge in [0.1, 0.15) is 5.75 Å². The lowest BCUT2D eigenvalue weighted by Gasteiger charge is -2.19. The fraction of sp³-hybridized carbons (Fsp3) is 0.571. The zero-order chi connectivity index (χ0) is 13.1. The second-order valence-corrected chi connectivity index (χ2v) is 5.71. The maximum atomic E-state index is 10.2. The van der Waals surface area contributed by atoms with Crippen LogP contribution in [0.15, 0.2) is 22.7 Å². The van der Waals surface area contributed by atoms with Crippen LogP contribution in [0.4, 0.5) is 0 Å². The number of rotatable bonds is 4. The van der Waals surface area contributed by atoms with Crippen LogP contribution in [-0.2, 0) is 11.2 Å². The minimum Gasteiger partial charge on any atom is -0.496 e. The predicted molar refractivity (Wildman–Crippen MR) is 74.0 cm³/mol. The normalized spacial score (nSPS) is 25.1. The van der Waals surface area contributed by atoms with E-state index in [1.165, 1.54) is 0 Å². The van der Waals surface area contributed by atoms with E-state index in [-0.39, 0.29) is 12.2 Å². The Balaban J connectivity index is 2.06. The molecule has 1 saturated heterocycles. The van der Waals surface area contributed by atoms with Crippen LogP contribution in [0.3, 0.4) is 0 Å². The number of aliphatic hydroxyl groups is 1. The molecule has 0 spiro atoms. The molecular weight excluding hydrogens is 296 g/mol. The van der Waals surface area contributed by atoms with Crippen LogP contribution >= 0.6 is 15.9 Å². The maximum Gasteiger partial charge on any atom is 0.122 e. The van der Waals surface area contributed by atoms with E-state index in [0.717, 1.165) is 28.6 Å². The molecule has 0 bridgehead atoms. The Morgan fingerprint density at radius 2 is 2.28 bits per heavy atom. The fourth-order valence-corrected chi connectivity index (χ4v) is 2.79. The van der Waals surface area contributed by atoms with E-state index in [0.29, 0.717) is 6.42 Å². The summed E-state index contributed by atoms with van der Waals surface area (Å²) in [6.45, 7) is 2.05. The molecule has 1 fully saturated rings. The van der Waals surface area contributed by atoms with Crippen molar-refractivity contribution in [1.82, 2.24) is 0 Å². The molecule has 0 saturated carbocycles. The van der Waals surface area contributed by atoms with Crippen molar-refractivity contribution in [2.45, 2.75) is 44.5 Å². The van der Waals surface area contributed by atoms with E-state index >= 15 is 0 Å². The van der Waals surface area contributed by atoms with Crippen molar-refractivity contribution in [3.8, 4) is 5.75 Å². The van der Waals surface area contributed by atoms with Crippen LogP contribution < -0.4 is 4.74 Å². The average Bonchev–Trinajstić information content (AvgIpc) is 2.76. The zero-order valence-electron chi connectivity index (χ0n) is 10.7. The van der Waals surface area contributed by atoms with Crippen LogP contribution in [0, 0.1) is 0 Å². The van der Waals surface area contributed by atoms with Gasteiger partial charge in [-0.1, -0.05) is 15.9 Å². The zero-order valence-corrected chi connectivity index (χ0v) is 12.3. The van der Waals surface area contributed by atoms with Crippen LogP contribution in [0.1, 0.15) is 25.3 Å². The minimum absolute atomic E-state index is 0.0521. The third-order valence-corrected chi connectivity index (χ3v) is 3.86. The molecule has 4 heteroatoms. The summed E-state index contributed by atoms with van der Waals surface area (Å²) >= 11 is 3.44. The van der Waals surface area contributed by atoms with Gasteiger partial charge < -0.3 is 14.6 Å². The topological polar surface area (TPSA) is 38.7 Å². The molecule has 0 aromatic heterocycles. The van der Waals surface area contributed by atoms with Crippen molar-refractivity contribution in [2.75, 3.05) is 7.11 Å². The molecule has 1 aromatic carbocycles. The molecule has 0 amide bonds. The smallest absolute Gasteiger partial charge is 0.122 e. The second-order valence-electron chi connectivity index (χ2n) is 4.79. The summed E-state index contributed by atoms with van der Waals surface area (Å²) in [5, 5.41) is 10.2. The van der Waals surface area contributed by atoms with E-state index in [1.807, 2.05) is 25.1 Å². The van der Waals surface area contributed by atoms with Gasteiger partial charge in [0.25, 0.3) is 0 Å². The van der Waals surface area contributed by atoms with Crippen molar-refractivity contribution in [2.24, 2.45) is 0 Å². The first kappa shape index (κ1) is 13.8. The number of hydrogen-bond donors (Lipinski definition) is 1. The lowest BCUT2D eigenvalue weighted by atomic mass is 10.0. The molecule has 0 aliphatic carbocycles. The molecular formula is C14H19BrO3. The number of ether oxygens (including phenoxy) is 2. The number of methoxy groups -OCH3 is 1. The molecule has 0 radical (unpaired) electrons. The Morgan fingerprint density at radius 3 is 2.89 bits per heavy atom. The Kier molecular flexibility index (Phi) is 4.65. The maximum absolute atomic E-state index is 10.2. The van der Waals surface area contributed by atoms with Crippen molar-refractivity contribution in [3.05, 3.63) is 28.2 Å². The van der Waals surface area contributed by atoms with E-state index in [2.05, 4.69) is 15.9 Å². The molecule has 100 valence electrons. The summed E-state index contributed by atoms with van der Waals surface area (Å²) < 4.78 is 12.0. The molecule has 1 heterocycles. The second kappa shape index (κ2) is 6.04. The summed E-state index contributed by atoms with van der Waals surface area (Å²) in [7, 11) is 1.65. The van der Waals surface area contributed by atoms with Gasteiger partial charge in [-0.3, -0.25) is 0 Å². The number of halogens is 1. The monoisotopic (exact) mass is 314 g/mol. The fourth-order valence-electron chi connectivity index (χ4n) is 2.38. The van der Waals surface area contributed by atoms with Crippen molar-refractivity contribution in [1.29, 1.82) is 0 Å². The lowest BCUT2D eigenvalue weighted by Crippen LogP contribution is -2.28. The van der Waals surface area contributed by atoms with Gasteiger partial charge in [-0.25, -0.2) is 0 Å². The van der Waals surface area contributed by atoms with Gasteiger partial charge in [0, 0.05) is 10.9 Å². The van der Waals surface area contributed by atoms with Gasteiger partial charge >= 0.3 is 0 Å². The highest BCUT2D eigenvalue weighted by atomic mass is 79.9. The molecule has 1 N–H and O–H groups in total. The summed E-state index contributed by atoms with van der Waals surface area (Å²) in [5.41, 5.74) is 1.00. The number of aliphatic hydroxyl groups excluding tert-OH is 1. The first-order chi connectivity index (χ1) is 8.60. The van der Waals surface area contributed by atoms with E-state index in [1.54, 1.807) is 7.11 Å². The highest BCUT2D eigenvalue weighted by molar-refractivity contribution is 9.10. The molecule has 2 rings (SSSR count). The van der Waals surface area contributed by atoms with E-state index < -0.39 is 6.10 Å². The summed E-state index contributed by atoms with van der Waals surface area (Å²) in [6.07, 6.45) is 2.24. The van der Waals surface area contributed by atoms with Crippen molar-refractivity contribution >= 4 is 15.9 Å². The summed E-state index contributed by atoms with van der Waals surface area (Å²) in [4.78, 5) is 0. The van der Waals surface area contributed by atoms with E-state index in [9.17, 15) is 5.11 Å². The van der Waals surface area contributed by atoms with Gasteiger partial charge in [-0.05, 0) is 43.5 Å². The van der Waals surface area contributed by atoms with Crippen LogP contribution in [-0.4, -0.2) is 30.5 Å². The van der Waals surface area contributed by atoms with Gasteiger partial charge in [-0.2, -0.15) is 0 Å². The van der Waals surface area contributed by atoms with Gasteiger partial charge in [-0.15, -0.1) is 0 Å². The number of hydrogen-bond acceptors (Lipinski definition) is 3. The van der Waals surface area contributed by atoms with Crippen molar-refractivity contribution in [3.63, 3.8) is 0 Å². The standard InChI is InChI=1S/C14H19BrO3/c1-9-3-5-14(18-9)12(16)8-10-7-11(15)4-6-13(10)17-2/h4,6-7,9,12,14,16H,3,5,8H2,1-2H3. The summed E-state index contributed by atoms with van der Waals surface area (Å²) in [6, 6.07) is 5.83.